The van der Waals surface area contributed by atoms with Crippen LogP contribution in [0.4, 0.5) is 10.1 Å². The molecular formula is C29H26BrFN2O3S. The van der Waals surface area contributed by atoms with Crippen molar-refractivity contribution in [3.8, 4) is 11.5 Å². The van der Waals surface area contributed by atoms with Gasteiger partial charge in [-0.2, -0.15) is 0 Å². The number of likely N-dealkylation sites (N-methyl/N-ethyl adjacent to an activating group) is 1. The lowest BCUT2D eigenvalue weighted by atomic mass is 10.0. The van der Waals surface area contributed by atoms with E-state index in [9.17, 15) is 9.18 Å². The van der Waals surface area contributed by atoms with Gasteiger partial charge in [-0.15, -0.1) is 6.58 Å². The zero-order valence-corrected chi connectivity index (χ0v) is 22.9. The van der Waals surface area contributed by atoms with Crippen LogP contribution in [0.25, 0.3) is 6.08 Å². The first-order valence-electron chi connectivity index (χ1n) is 11.7. The number of hydrogen-bond donors (Lipinski definition) is 0. The number of carbonyl (C=O) groups excluding carboxylic acids is 1. The topological polar surface area (TPSA) is 51.1 Å². The van der Waals surface area contributed by atoms with E-state index >= 15 is 0 Å². The molecule has 1 aliphatic rings. The molecule has 1 amide bonds. The molecule has 0 aliphatic carbocycles. The summed E-state index contributed by atoms with van der Waals surface area (Å²) in [5.74, 6) is 0.756. The Labute approximate surface area is 228 Å². The Morgan fingerprint density at radius 1 is 1.14 bits per heavy atom. The van der Waals surface area contributed by atoms with E-state index in [1.807, 2.05) is 49.4 Å². The van der Waals surface area contributed by atoms with Crippen LogP contribution in [-0.2, 0) is 17.8 Å². The van der Waals surface area contributed by atoms with Gasteiger partial charge < -0.3 is 9.47 Å². The minimum atomic E-state index is -0.333. The van der Waals surface area contributed by atoms with Gasteiger partial charge in [0.05, 0.1) is 17.7 Å². The van der Waals surface area contributed by atoms with Crippen LogP contribution in [-0.4, -0.2) is 29.6 Å². The fourth-order valence-electron chi connectivity index (χ4n) is 3.77. The SMILES string of the molecule is C=CCc1cc(/C=C2/SC(=Nc3ccc(F)cc3)N(CC)C2=O)cc(OC)c1OCc1ccc(Br)cc1. The Bertz CT molecular complexity index is 1350. The number of hydrogen-bond acceptors (Lipinski definition) is 5. The van der Waals surface area contributed by atoms with Gasteiger partial charge >= 0.3 is 0 Å². The number of benzene rings is 3. The highest BCUT2D eigenvalue weighted by Gasteiger charge is 2.32. The number of allylic oxidation sites excluding steroid dienone is 1. The molecule has 0 atom stereocenters. The van der Waals surface area contributed by atoms with E-state index in [4.69, 9.17) is 9.47 Å². The summed E-state index contributed by atoms with van der Waals surface area (Å²) in [6.07, 6.45) is 4.21. The minimum absolute atomic E-state index is 0.131. The van der Waals surface area contributed by atoms with Crippen LogP contribution in [0.5, 0.6) is 11.5 Å². The van der Waals surface area contributed by atoms with Crippen molar-refractivity contribution >= 4 is 50.5 Å². The maximum atomic E-state index is 13.3. The second-order valence-electron chi connectivity index (χ2n) is 8.15. The number of rotatable bonds is 9. The fraction of sp³-hybridized carbons (Fsp3) is 0.172. The predicted octanol–water partition coefficient (Wildman–Crippen LogP) is 7.53. The van der Waals surface area contributed by atoms with Crippen molar-refractivity contribution in [1.29, 1.82) is 0 Å². The molecule has 1 heterocycles. The molecule has 0 N–H and O–H groups in total. The molecule has 37 heavy (non-hydrogen) atoms. The summed E-state index contributed by atoms with van der Waals surface area (Å²) in [5, 5.41) is 0.554. The Morgan fingerprint density at radius 3 is 2.51 bits per heavy atom. The van der Waals surface area contributed by atoms with E-state index < -0.39 is 0 Å². The van der Waals surface area contributed by atoms with Gasteiger partial charge in [-0.3, -0.25) is 9.69 Å². The average molecular weight is 582 g/mol. The number of amides is 1. The highest BCUT2D eigenvalue weighted by Crippen LogP contribution is 2.38. The molecule has 1 fully saturated rings. The van der Waals surface area contributed by atoms with E-state index in [1.54, 1.807) is 30.2 Å². The van der Waals surface area contributed by atoms with E-state index in [0.717, 1.165) is 21.2 Å². The second-order valence-corrected chi connectivity index (χ2v) is 10.1. The van der Waals surface area contributed by atoms with Crippen LogP contribution in [0, 0.1) is 5.82 Å². The van der Waals surface area contributed by atoms with Gasteiger partial charge in [0.1, 0.15) is 12.4 Å². The maximum absolute atomic E-state index is 13.3. The summed E-state index contributed by atoms with van der Waals surface area (Å²) in [6, 6.07) is 17.6. The fourth-order valence-corrected chi connectivity index (χ4v) is 5.10. The molecule has 4 rings (SSSR count). The molecular weight excluding hydrogens is 555 g/mol. The van der Waals surface area contributed by atoms with Crippen LogP contribution < -0.4 is 9.47 Å². The van der Waals surface area contributed by atoms with Gasteiger partial charge in [0, 0.05) is 16.6 Å². The average Bonchev–Trinajstić information content (AvgIpc) is 3.18. The molecule has 0 spiro atoms. The van der Waals surface area contributed by atoms with Crippen molar-refractivity contribution in [2.45, 2.75) is 20.0 Å². The van der Waals surface area contributed by atoms with Crippen molar-refractivity contribution in [1.82, 2.24) is 4.90 Å². The van der Waals surface area contributed by atoms with Crippen LogP contribution in [0.2, 0.25) is 0 Å². The molecule has 0 aromatic heterocycles. The third kappa shape index (κ3) is 6.50. The van der Waals surface area contributed by atoms with Gasteiger partial charge in [0.15, 0.2) is 16.7 Å². The minimum Gasteiger partial charge on any atom is -0.493 e. The number of methoxy groups -OCH3 is 1. The molecule has 5 nitrogen and oxygen atoms in total. The van der Waals surface area contributed by atoms with Crippen LogP contribution in [0.15, 0.2) is 87.7 Å². The van der Waals surface area contributed by atoms with Gasteiger partial charge in [0.2, 0.25) is 0 Å². The third-order valence-corrected chi connectivity index (χ3v) is 7.12. The zero-order valence-electron chi connectivity index (χ0n) is 20.5. The number of amidine groups is 1. The largest absolute Gasteiger partial charge is 0.493 e. The molecule has 3 aromatic carbocycles. The lowest BCUT2D eigenvalue weighted by Crippen LogP contribution is -2.28. The Kier molecular flexibility index (Phi) is 8.84. The molecule has 0 radical (unpaired) electrons. The highest BCUT2D eigenvalue weighted by atomic mass is 79.9. The van der Waals surface area contributed by atoms with E-state index in [2.05, 4.69) is 27.5 Å². The monoisotopic (exact) mass is 580 g/mol. The molecule has 1 saturated heterocycles. The number of ether oxygens (including phenoxy) is 2. The second kappa shape index (κ2) is 12.3. The van der Waals surface area contributed by atoms with E-state index in [-0.39, 0.29) is 11.7 Å². The maximum Gasteiger partial charge on any atom is 0.266 e. The molecule has 190 valence electrons. The van der Waals surface area contributed by atoms with Crippen LogP contribution >= 0.6 is 27.7 Å². The number of nitrogens with zero attached hydrogens (tertiary/aromatic N) is 2. The van der Waals surface area contributed by atoms with Gasteiger partial charge in [-0.25, -0.2) is 9.38 Å². The van der Waals surface area contributed by atoms with Gasteiger partial charge in [-0.1, -0.05) is 34.1 Å². The predicted molar refractivity (Wildman–Crippen MR) is 152 cm³/mol. The normalized spacial score (nSPS) is 15.5. The van der Waals surface area contributed by atoms with Crippen molar-refractivity contribution < 1.29 is 18.7 Å². The molecule has 0 unspecified atom stereocenters. The van der Waals surface area contributed by atoms with Crippen molar-refractivity contribution in [2.75, 3.05) is 13.7 Å². The molecule has 0 bridgehead atoms. The first-order chi connectivity index (χ1) is 17.9. The number of halogens is 2. The van der Waals surface area contributed by atoms with Crippen molar-refractivity contribution in [3.05, 3.63) is 105 Å². The number of thioether (sulfide) groups is 1. The lowest BCUT2D eigenvalue weighted by molar-refractivity contribution is -0.122. The number of carbonyl (C=O) groups is 1. The summed E-state index contributed by atoms with van der Waals surface area (Å²) < 4.78 is 26.1. The quantitative estimate of drug-likeness (QED) is 0.194. The standard InChI is InChI=1S/C29H26BrFN2O3S/c1-4-6-21-15-20(16-25(35-3)27(21)36-18-19-7-9-22(30)10-8-19)17-26-28(34)33(5-2)29(37-26)32-24-13-11-23(31)12-14-24/h4,7-17H,1,5-6,18H2,2-3H3/b26-17+,32-29?. The summed E-state index contributed by atoms with van der Waals surface area (Å²) in [4.78, 5) is 19.8. The van der Waals surface area contributed by atoms with Gasteiger partial charge in [-0.05, 0) is 90.8 Å². The van der Waals surface area contributed by atoms with Crippen molar-refractivity contribution in [2.24, 2.45) is 4.99 Å². The number of aliphatic imine (C=N–C) groups is 1. The summed E-state index contributed by atoms with van der Waals surface area (Å²) >= 11 is 4.74. The van der Waals surface area contributed by atoms with Crippen LogP contribution in [0.3, 0.4) is 0 Å². The van der Waals surface area contributed by atoms with E-state index in [0.29, 0.717) is 46.8 Å². The lowest BCUT2D eigenvalue weighted by Gasteiger charge is -2.16. The smallest absolute Gasteiger partial charge is 0.266 e. The van der Waals surface area contributed by atoms with Crippen LogP contribution in [0.1, 0.15) is 23.6 Å². The zero-order chi connectivity index (χ0) is 26.4. The first-order valence-corrected chi connectivity index (χ1v) is 13.3. The van der Waals surface area contributed by atoms with Crippen molar-refractivity contribution in [3.63, 3.8) is 0 Å². The molecule has 0 saturated carbocycles. The molecule has 1 aliphatic heterocycles. The highest BCUT2D eigenvalue weighted by molar-refractivity contribution is 9.10. The Balaban J connectivity index is 1.64. The third-order valence-electron chi connectivity index (χ3n) is 5.59. The summed E-state index contributed by atoms with van der Waals surface area (Å²) in [5.41, 5.74) is 3.32. The summed E-state index contributed by atoms with van der Waals surface area (Å²) in [7, 11) is 1.60. The Hall–Kier alpha value is -3.36. The van der Waals surface area contributed by atoms with Gasteiger partial charge in [0.25, 0.3) is 5.91 Å². The first kappa shape index (κ1) is 26.7. The molecule has 8 heteroatoms. The molecule has 3 aromatic rings. The Morgan fingerprint density at radius 2 is 1.86 bits per heavy atom. The summed E-state index contributed by atoms with van der Waals surface area (Å²) in [6.45, 7) is 6.63. The van der Waals surface area contributed by atoms with E-state index in [1.165, 1.54) is 23.9 Å².